The van der Waals surface area contributed by atoms with Gasteiger partial charge in [0.05, 0.1) is 15.9 Å². The molecule has 1 heterocycles. The molecule has 0 unspecified atom stereocenters. The molecule has 0 aliphatic heterocycles. The number of fused-ring (bicyclic) bond motifs is 1. The zero-order valence-electron chi connectivity index (χ0n) is 15.1. The van der Waals surface area contributed by atoms with Crippen molar-refractivity contribution in [2.45, 2.75) is 18.7 Å². The number of amides is 2. The summed E-state index contributed by atoms with van der Waals surface area (Å²) >= 11 is 0. The molecule has 1 aromatic heterocycles. The summed E-state index contributed by atoms with van der Waals surface area (Å²) in [6, 6.07) is 12.2. The van der Waals surface area contributed by atoms with Gasteiger partial charge in [-0.1, -0.05) is 24.3 Å². The molecule has 0 saturated heterocycles. The zero-order valence-corrected chi connectivity index (χ0v) is 15.9. The second kappa shape index (κ2) is 7.77. The van der Waals surface area contributed by atoms with E-state index in [0.717, 1.165) is 16.6 Å². The minimum Gasteiger partial charge on any atom is -0.335 e. The SMILES string of the molecule is Cc1ccc(C)c(S(=O)(=O)NCCNC(=O)Nn2cnc3ccccc32)c1. The number of carbonyl (C=O) groups is 1. The number of aryl methyl sites for hydroxylation is 2. The molecule has 8 nitrogen and oxygen atoms in total. The van der Waals surface area contributed by atoms with Crippen LogP contribution in [0.4, 0.5) is 4.79 Å². The number of rotatable bonds is 6. The molecule has 3 rings (SSSR count). The molecule has 3 aromatic rings. The second-order valence-electron chi connectivity index (χ2n) is 6.14. The molecule has 142 valence electrons. The van der Waals surface area contributed by atoms with Crippen LogP contribution >= 0.6 is 0 Å². The van der Waals surface area contributed by atoms with Gasteiger partial charge in [-0.25, -0.2) is 33.0 Å². The predicted molar refractivity (Wildman–Crippen MR) is 104 cm³/mol. The Morgan fingerprint density at radius 1 is 1.11 bits per heavy atom. The van der Waals surface area contributed by atoms with Gasteiger partial charge >= 0.3 is 6.03 Å². The Balaban J connectivity index is 1.52. The summed E-state index contributed by atoms with van der Waals surface area (Å²) in [5.41, 5.74) is 5.71. The first-order chi connectivity index (χ1) is 12.9. The average Bonchev–Trinajstić information content (AvgIpc) is 3.04. The van der Waals surface area contributed by atoms with E-state index in [0.29, 0.717) is 5.56 Å². The van der Waals surface area contributed by atoms with Gasteiger partial charge in [0.2, 0.25) is 10.0 Å². The maximum absolute atomic E-state index is 12.4. The summed E-state index contributed by atoms with van der Waals surface area (Å²) in [6.45, 7) is 3.80. The number of nitrogens with zero attached hydrogens (tertiary/aromatic N) is 2. The summed E-state index contributed by atoms with van der Waals surface area (Å²) in [4.78, 5) is 16.4. The van der Waals surface area contributed by atoms with Crippen LogP contribution in [0.3, 0.4) is 0 Å². The molecule has 0 saturated carbocycles. The first-order valence-electron chi connectivity index (χ1n) is 8.41. The largest absolute Gasteiger partial charge is 0.335 e. The highest BCUT2D eigenvalue weighted by Gasteiger charge is 2.16. The van der Waals surface area contributed by atoms with Crippen molar-refractivity contribution in [3.63, 3.8) is 0 Å². The number of hydrogen-bond donors (Lipinski definition) is 3. The van der Waals surface area contributed by atoms with Crippen molar-refractivity contribution in [2.24, 2.45) is 0 Å². The molecule has 0 aliphatic rings. The molecule has 3 N–H and O–H groups in total. The summed E-state index contributed by atoms with van der Waals surface area (Å²) < 4.78 is 28.8. The van der Waals surface area contributed by atoms with Crippen LogP contribution in [0.2, 0.25) is 0 Å². The molecule has 0 bridgehead atoms. The summed E-state index contributed by atoms with van der Waals surface area (Å²) in [5, 5.41) is 2.61. The van der Waals surface area contributed by atoms with Crippen molar-refractivity contribution >= 4 is 27.1 Å². The molecule has 2 amide bonds. The van der Waals surface area contributed by atoms with Gasteiger partial charge in [-0.3, -0.25) is 0 Å². The van der Waals surface area contributed by atoms with E-state index in [-0.39, 0.29) is 18.0 Å². The van der Waals surface area contributed by atoms with E-state index in [1.54, 1.807) is 19.1 Å². The van der Waals surface area contributed by atoms with Crippen molar-refractivity contribution in [1.29, 1.82) is 0 Å². The van der Waals surface area contributed by atoms with E-state index in [9.17, 15) is 13.2 Å². The number of aromatic nitrogens is 2. The van der Waals surface area contributed by atoms with Crippen LogP contribution in [0.1, 0.15) is 11.1 Å². The highest BCUT2D eigenvalue weighted by atomic mass is 32.2. The molecule has 0 aliphatic carbocycles. The van der Waals surface area contributed by atoms with Crippen LogP contribution in [0.5, 0.6) is 0 Å². The summed E-state index contributed by atoms with van der Waals surface area (Å²) in [6.07, 6.45) is 1.51. The number of benzene rings is 2. The van der Waals surface area contributed by atoms with Crippen LogP contribution in [0, 0.1) is 13.8 Å². The Bertz CT molecular complexity index is 1080. The van der Waals surface area contributed by atoms with E-state index in [4.69, 9.17) is 0 Å². The van der Waals surface area contributed by atoms with Gasteiger partial charge in [0, 0.05) is 13.1 Å². The van der Waals surface area contributed by atoms with E-state index in [1.165, 1.54) is 11.0 Å². The minimum absolute atomic E-state index is 0.0772. The van der Waals surface area contributed by atoms with Gasteiger partial charge in [-0.15, -0.1) is 0 Å². The molecule has 0 atom stereocenters. The Hall–Kier alpha value is -2.91. The van der Waals surface area contributed by atoms with Crippen LogP contribution < -0.4 is 15.5 Å². The van der Waals surface area contributed by atoms with E-state index in [2.05, 4.69) is 20.4 Å². The van der Waals surface area contributed by atoms with E-state index < -0.39 is 16.1 Å². The fourth-order valence-corrected chi connectivity index (χ4v) is 3.99. The molecular formula is C18H21N5O3S. The first-order valence-corrected chi connectivity index (χ1v) is 9.89. The monoisotopic (exact) mass is 387 g/mol. The molecule has 0 fully saturated rings. The van der Waals surface area contributed by atoms with Crippen LogP contribution in [0.25, 0.3) is 11.0 Å². The third-order valence-electron chi connectivity index (χ3n) is 4.01. The maximum atomic E-state index is 12.4. The first kappa shape index (κ1) is 18.9. The lowest BCUT2D eigenvalue weighted by Crippen LogP contribution is -2.39. The zero-order chi connectivity index (χ0) is 19.4. The topological polar surface area (TPSA) is 105 Å². The molecule has 2 aromatic carbocycles. The Labute approximate surface area is 157 Å². The lowest BCUT2D eigenvalue weighted by atomic mass is 10.2. The average molecular weight is 387 g/mol. The van der Waals surface area contributed by atoms with Gasteiger partial charge in [-0.2, -0.15) is 0 Å². The van der Waals surface area contributed by atoms with Crippen molar-refractivity contribution < 1.29 is 13.2 Å². The van der Waals surface area contributed by atoms with Crippen LogP contribution in [-0.4, -0.2) is 37.2 Å². The van der Waals surface area contributed by atoms with Gasteiger partial charge in [0.25, 0.3) is 0 Å². The van der Waals surface area contributed by atoms with Gasteiger partial charge in [0.15, 0.2) is 0 Å². The normalized spacial score (nSPS) is 11.5. The Morgan fingerprint density at radius 3 is 2.70 bits per heavy atom. The number of nitrogens with one attached hydrogen (secondary N) is 3. The smallest absolute Gasteiger partial charge is 0.333 e. The number of sulfonamides is 1. The molecular weight excluding hydrogens is 366 g/mol. The molecule has 0 spiro atoms. The summed E-state index contributed by atoms with van der Waals surface area (Å²) in [5.74, 6) is 0. The fraction of sp³-hybridized carbons (Fsp3) is 0.222. The number of hydrogen-bond acceptors (Lipinski definition) is 4. The fourth-order valence-electron chi connectivity index (χ4n) is 2.63. The Morgan fingerprint density at radius 2 is 1.89 bits per heavy atom. The second-order valence-corrected chi connectivity index (χ2v) is 7.87. The van der Waals surface area contributed by atoms with Crippen molar-refractivity contribution in [1.82, 2.24) is 19.7 Å². The highest BCUT2D eigenvalue weighted by Crippen LogP contribution is 2.16. The predicted octanol–water partition coefficient (Wildman–Crippen LogP) is 1.88. The maximum Gasteiger partial charge on any atom is 0.333 e. The number of carbonyl (C=O) groups excluding carboxylic acids is 1. The standard InChI is InChI=1S/C18H21N5O3S/c1-13-7-8-14(2)17(11-13)27(25,26)21-10-9-19-18(24)22-23-12-20-15-5-3-4-6-16(15)23/h3-8,11-12,21H,9-10H2,1-2H3,(H2,19,22,24). The van der Waals surface area contributed by atoms with Crippen LogP contribution in [0.15, 0.2) is 53.7 Å². The van der Waals surface area contributed by atoms with Crippen molar-refractivity contribution in [3.05, 3.63) is 59.9 Å². The van der Waals surface area contributed by atoms with Crippen molar-refractivity contribution in [3.8, 4) is 0 Å². The van der Waals surface area contributed by atoms with E-state index >= 15 is 0 Å². The third kappa shape index (κ3) is 4.44. The van der Waals surface area contributed by atoms with Gasteiger partial charge < -0.3 is 5.32 Å². The molecule has 27 heavy (non-hydrogen) atoms. The van der Waals surface area contributed by atoms with Gasteiger partial charge in [0.1, 0.15) is 6.33 Å². The third-order valence-corrected chi connectivity index (χ3v) is 5.61. The Kier molecular flexibility index (Phi) is 5.43. The summed E-state index contributed by atoms with van der Waals surface area (Å²) in [7, 11) is -3.63. The number of para-hydroxylation sites is 2. The highest BCUT2D eigenvalue weighted by molar-refractivity contribution is 7.89. The molecule has 0 radical (unpaired) electrons. The quantitative estimate of drug-likeness (QED) is 0.562. The lowest BCUT2D eigenvalue weighted by Gasteiger charge is -2.11. The lowest BCUT2D eigenvalue weighted by molar-refractivity contribution is 0.250. The molecule has 9 heteroatoms. The number of imidazole rings is 1. The number of urea groups is 1. The minimum atomic E-state index is -3.63. The van der Waals surface area contributed by atoms with Gasteiger partial charge in [-0.05, 0) is 43.2 Å². The van der Waals surface area contributed by atoms with Crippen molar-refractivity contribution in [2.75, 3.05) is 18.5 Å². The van der Waals surface area contributed by atoms with Crippen LogP contribution in [-0.2, 0) is 10.0 Å². The van der Waals surface area contributed by atoms with E-state index in [1.807, 2.05) is 37.3 Å².